The maximum atomic E-state index is 13.7. The molecule has 2 aliphatic heterocycles. The number of fused-ring (bicyclic) bond motifs is 2. The van der Waals surface area contributed by atoms with E-state index >= 15 is 0 Å². The molecule has 0 radical (unpaired) electrons. The van der Waals surface area contributed by atoms with Crippen LogP contribution in [0.3, 0.4) is 0 Å². The zero-order valence-corrected chi connectivity index (χ0v) is 24.0. The van der Waals surface area contributed by atoms with Crippen molar-refractivity contribution in [2.45, 2.75) is 43.5 Å². The highest BCUT2D eigenvalue weighted by atomic mass is 32.2. The summed E-state index contributed by atoms with van der Waals surface area (Å²) >= 11 is 1.28. The highest BCUT2D eigenvalue weighted by Gasteiger charge is 2.41. The third kappa shape index (κ3) is 5.24. The van der Waals surface area contributed by atoms with E-state index < -0.39 is 27.9 Å². The standard InChI is InChI=1S/C24H28N12O4S2/c1-12-6-16-18(9-27-12)41-23(30-16)24(38)36-5-4-35(11-17(36)22(37)28-10-19-31-33-34-32-19)42(39,40)20-8-13-2-3-14(21(25)26)7-15(13)29-20/h2-3,7-8,12,17,27,29H,4-6,9-11H2,1H3,(H3,25,26)(H,28,37)(H,31,32,33,34). The molecule has 18 heteroatoms. The Balaban J connectivity index is 1.27. The minimum atomic E-state index is -4.09. The van der Waals surface area contributed by atoms with Crippen molar-refractivity contribution < 1.29 is 18.0 Å². The highest BCUT2D eigenvalue weighted by Crippen LogP contribution is 2.28. The predicted molar refractivity (Wildman–Crippen MR) is 151 cm³/mol. The van der Waals surface area contributed by atoms with Crippen LogP contribution in [0.1, 0.15) is 38.7 Å². The predicted octanol–water partition coefficient (Wildman–Crippen LogP) is -0.713. The van der Waals surface area contributed by atoms with E-state index in [0.29, 0.717) is 35.3 Å². The first-order valence-corrected chi connectivity index (χ1v) is 15.4. The van der Waals surface area contributed by atoms with E-state index in [2.05, 4.69) is 41.2 Å². The molecule has 4 aromatic rings. The Kier molecular flexibility index (Phi) is 7.21. The fourth-order valence-electron chi connectivity index (χ4n) is 5.06. The number of nitrogens with two attached hydrogens (primary N) is 1. The smallest absolute Gasteiger partial charge is 0.283 e. The van der Waals surface area contributed by atoms with Gasteiger partial charge in [0.15, 0.2) is 10.8 Å². The molecule has 16 nitrogen and oxygen atoms in total. The number of nitrogens with zero attached hydrogens (tertiary/aromatic N) is 6. The number of aromatic amines is 2. The van der Waals surface area contributed by atoms with Crippen molar-refractivity contribution >= 4 is 49.9 Å². The molecule has 7 N–H and O–H groups in total. The molecule has 3 aromatic heterocycles. The van der Waals surface area contributed by atoms with Crippen molar-refractivity contribution in [1.82, 2.24) is 50.4 Å². The van der Waals surface area contributed by atoms with Crippen LogP contribution < -0.4 is 16.4 Å². The van der Waals surface area contributed by atoms with Gasteiger partial charge in [-0.2, -0.15) is 4.31 Å². The van der Waals surface area contributed by atoms with E-state index in [0.717, 1.165) is 10.6 Å². The molecule has 1 saturated heterocycles. The van der Waals surface area contributed by atoms with Crippen LogP contribution in [0, 0.1) is 5.41 Å². The number of rotatable bonds is 7. The van der Waals surface area contributed by atoms with Gasteiger partial charge in [0.05, 0.1) is 12.2 Å². The number of sulfonamides is 1. The fourth-order valence-corrected chi connectivity index (χ4v) is 7.50. The van der Waals surface area contributed by atoms with Gasteiger partial charge in [0, 0.05) is 60.0 Å². The Bertz CT molecular complexity index is 1780. The summed E-state index contributed by atoms with van der Waals surface area (Å²) in [6.45, 7) is 2.30. The number of amides is 2. The van der Waals surface area contributed by atoms with E-state index in [1.807, 2.05) is 6.92 Å². The molecular weight excluding hydrogens is 584 g/mol. The highest BCUT2D eigenvalue weighted by molar-refractivity contribution is 7.89. The van der Waals surface area contributed by atoms with Crippen molar-refractivity contribution in [3.05, 3.63) is 51.2 Å². The third-order valence-corrected chi connectivity index (χ3v) is 10.2. The second kappa shape index (κ2) is 10.9. The fraction of sp³-hybridized carbons (Fsp3) is 0.375. The summed E-state index contributed by atoms with van der Waals surface area (Å²) in [5.41, 5.74) is 7.40. The molecule has 42 heavy (non-hydrogen) atoms. The largest absolute Gasteiger partial charge is 0.384 e. The summed E-state index contributed by atoms with van der Waals surface area (Å²) in [6, 6.07) is 5.51. The number of thiazole rings is 1. The molecule has 0 saturated carbocycles. The van der Waals surface area contributed by atoms with Crippen LogP contribution in [0.25, 0.3) is 10.9 Å². The van der Waals surface area contributed by atoms with Gasteiger partial charge >= 0.3 is 0 Å². The summed E-state index contributed by atoms with van der Waals surface area (Å²) in [4.78, 5) is 37.0. The average molecular weight is 613 g/mol. The number of amidine groups is 1. The summed E-state index contributed by atoms with van der Waals surface area (Å²) < 4.78 is 28.7. The van der Waals surface area contributed by atoms with Crippen molar-refractivity contribution in [2.75, 3.05) is 19.6 Å². The van der Waals surface area contributed by atoms with E-state index in [-0.39, 0.29) is 48.1 Å². The number of carbonyl (C=O) groups is 2. The first-order chi connectivity index (χ1) is 20.1. The Labute approximate surface area is 243 Å². The van der Waals surface area contributed by atoms with Gasteiger partial charge in [-0.1, -0.05) is 12.1 Å². The van der Waals surface area contributed by atoms with Gasteiger partial charge in [-0.05, 0) is 29.5 Å². The van der Waals surface area contributed by atoms with Crippen LogP contribution in [-0.2, 0) is 34.3 Å². The first-order valence-electron chi connectivity index (χ1n) is 13.1. The second-order valence-electron chi connectivity index (χ2n) is 10.2. The Hall–Kier alpha value is -4.26. The number of H-pyrrole nitrogens is 2. The lowest BCUT2D eigenvalue weighted by Gasteiger charge is -2.39. The molecule has 0 aliphatic carbocycles. The number of piperazine rings is 1. The number of hydrogen-bond donors (Lipinski definition) is 6. The topological polar surface area (TPSA) is 232 Å². The molecule has 2 unspecified atom stereocenters. The summed E-state index contributed by atoms with van der Waals surface area (Å²) in [7, 11) is -4.09. The first kappa shape index (κ1) is 27.9. The van der Waals surface area contributed by atoms with E-state index in [1.54, 1.807) is 18.2 Å². The minimum absolute atomic E-state index is 0.0202. The summed E-state index contributed by atoms with van der Waals surface area (Å²) in [6.07, 6.45) is 0.693. The zero-order chi connectivity index (χ0) is 29.6. The van der Waals surface area contributed by atoms with Crippen LogP contribution in [0.4, 0.5) is 0 Å². The quantitative estimate of drug-likeness (QED) is 0.113. The van der Waals surface area contributed by atoms with E-state index in [4.69, 9.17) is 11.1 Å². The Morgan fingerprint density at radius 1 is 1.26 bits per heavy atom. The number of aromatic nitrogens is 6. The van der Waals surface area contributed by atoms with Gasteiger partial charge in [0.2, 0.25) is 5.91 Å². The molecule has 220 valence electrons. The second-order valence-corrected chi connectivity index (χ2v) is 13.2. The molecular formula is C24H28N12O4S2. The number of nitrogens with one attached hydrogen (secondary N) is 5. The Morgan fingerprint density at radius 3 is 2.86 bits per heavy atom. The maximum Gasteiger partial charge on any atom is 0.283 e. The van der Waals surface area contributed by atoms with Crippen molar-refractivity contribution in [1.29, 1.82) is 5.41 Å². The molecule has 2 amide bonds. The average Bonchev–Trinajstić information content (AvgIpc) is 3.74. The minimum Gasteiger partial charge on any atom is -0.384 e. The van der Waals surface area contributed by atoms with Gasteiger partial charge in [-0.25, -0.2) is 18.5 Å². The number of hydrogen-bond acceptors (Lipinski definition) is 11. The lowest BCUT2D eigenvalue weighted by Crippen LogP contribution is -2.61. The molecule has 0 bridgehead atoms. The maximum absolute atomic E-state index is 13.7. The zero-order valence-electron chi connectivity index (χ0n) is 22.4. The normalized spacial score (nSPS) is 19.5. The van der Waals surface area contributed by atoms with Crippen LogP contribution in [0.5, 0.6) is 0 Å². The van der Waals surface area contributed by atoms with Gasteiger partial charge in [0.25, 0.3) is 15.9 Å². The lowest BCUT2D eigenvalue weighted by molar-refractivity contribution is -0.127. The molecule has 2 atom stereocenters. The third-order valence-electron chi connectivity index (χ3n) is 7.32. The van der Waals surface area contributed by atoms with Crippen molar-refractivity contribution in [3.8, 4) is 0 Å². The molecule has 0 spiro atoms. The Morgan fingerprint density at radius 2 is 2.10 bits per heavy atom. The van der Waals surface area contributed by atoms with E-state index in [9.17, 15) is 18.0 Å². The monoisotopic (exact) mass is 612 g/mol. The number of nitrogen functional groups attached to an aromatic ring is 1. The SMILES string of the molecule is CC1Cc2nc(C(=O)N3CCN(S(=O)(=O)c4cc5ccc(C(=N)N)cc5[nH]4)CC3C(=O)NCc3nnn[nH]3)sc2CN1. The summed E-state index contributed by atoms with van der Waals surface area (Å²) in [5, 5.41) is 27.8. The summed E-state index contributed by atoms with van der Waals surface area (Å²) in [5.74, 6) is -0.820. The van der Waals surface area contributed by atoms with E-state index in [1.165, 1.54) is 26.6 Å². The van der Waals surface area contributed by atoms with Gasteiger partial charge in [-0.3, -0.25) is 15.0 Å². The van der Waals surface area contributed by atoms with Crippen molar-refractivity contribution in [2.24, 2.45) is 5.73 Å². The van der Waals surface area contributed by atoms with Crippen LogP contribution in [0.2, 0.25) is 0 Å². The molecule has 5 heterocycles. The molecule has 6 rings (SSSR count). The lowest BCUT2D eigenvalue weighted by atomic mass is 10.1. The molecule has 1 fully saturated rings. The van der Waals surface area contributed by atoms with Gasteiger partial charge < -0.3 is 26.3 Å². The molecule has 1 aromatic carbocycles. The van der Waals surface area contributed by atoms with Gasteiger partial charge in [-0.15, -0.1) is 16.4 Å². The number of benzene rings is 1. The molecule has 2 aliphatic rings. The number of tetrazole rings is 1. The van der Waals surface area contributed by atoms with Crippen LogP contribution in [-0.4, -0.2) is 97.6 Å². The van der Waals surface area contributed by atoms with Crippen LogP contribution in [0.15, 0.2) is 29.3 Å². The van der Waals surface area contributed by atoms with Crippen LogP contribution >= 0.6 is 11.3 Å². The van der Waals surface area contributed by atoms with Crippen molar-refractivity contribution in [3.63, 3.8) is 0 Å². The van der Waals surface area contributed by atoms with Gasteiger partial charge in [0.1, 0.15) is 16.9 Å². The number of carbonyl (C=O) groups excluding carboxylic acids is 2.